The predicted octanol–water partition coefficient (Wildman–Crippen LogP) is 0.792. The lowest BCUT2D eigenvalue weighted by Crippen LogP contribution is -2.51. The fraction of sp³-hybridized carbons (Fsp3) is 0.696. The molecule has 0 bridgehead atoms. The van der Waals surface area contributed by atoms with Crippen LogP contribution in [0.4, 0.5) is 5.82 Å². The number of nitrogens with zero attached hydrogens (tertiary/aromatic N) is 5. The molecular weight excluding hydrogens is 392 g/mol. The number of hydrogen-bond donors (Lipinski definition) is 1. The van der Waals surface area contributed by atoms with Crippen LogP contribution in [0.25, 0.3) is 0 Å². The van der Waals surface area contributed by atoms with Gasteiger partial charge >= 0.3 is 0 Å². The van der Waals surface area contributed by atoms with Crippen LogP contribution in [0.3, 0.4) is 0 Å². The van der Waals surface area contributed by atoms with Crippen LogP contribution >= 0.6 is 0 Å². The van der Waals surface area contributed by atoms with E-state index in [9.17, 15) is 9.59 Å². The maximum Gasteiger partial charge on any atom is 0.239 e. The summed E-state index contributed by atoms with van der Waals surface area (Å²) in [4.78, 5) is 39.0. The standard InChI is InChI=1S/C23H36N6O2/c1-17(2)29-11-9-19-22(29)23(31)25-16-18(26(19)3)7-8-21(30)28-14-12-27(13-15-28)20-6-4-5-10-24-20/h4-6,10,17-19,22H,7-9,11-16H2,1-3H3,(H,25,31)/t18-,19+,22-/m0/s1. The summed E-state index contributed by atoms with van der Waals surface area (Å²) in [5.74, 6) is 1.34. The molecule has 3 aliphatic rings. The first-order valence-electron chi connectivity index (χ1n) is 11.6. The Kier molecular flexibility index (Phi) is 6.77. The van der Waals surface area contributed by atoms with Gasteiger partial charge in [-0.3, -0.25) is 19.4 Å². The minimum absolute atomic E-state index is 0.0784. The van der Waals surface area contributed by atoms with Gasteiger partial charge in [0.15, 0.2) is 0 Å². The molecule has 31 heavy (non-hydrogen) atoms. The van der Waals surface area contributed by atoms with E-state index < -0.39 is 0 Å². The minimum atomic E-state index is -0.0784. The normalized spacial score (nSPS) is 27.9. The molecule has 170 valence electrons. The van der Waals surface area contributed by atoms with Crippen molar-refractivity contribution in [1.82, 2.24) is 25.0 Å². The summed E-state index contributed by atoms with van der Waals surface area (Å²) >= 11 is 0. The highest BCUT2D eigenvalue weighted by Crippen LogP contribution is 2.28. The summed E-state index contributed by atoms with van der Waals surface area (Å²) in [7, 11) is 2.13. The topological polar surface area (TPSA) is 72.0 Å². The van der Waals surface area contributed by atoms with Gasteiger partial charge in [-0.05, 0) is 45.9 Å². The number of fused-ring (bicyclic) bond motifs is 1. The number of aromatic nitrogens is 1. The first-order chi connectivity index (χ1) is 15.0. The van der Waals surface area contributed by atoms with Crippen LogP contribution in [-0.4, -0.2) is 102 Å². The van der Waals surface area contributed by atoms with Gasteiger partial charge in [-0.25, -0.2) is 4.98 Å². The lowest BCUT2D eigenvalue weighted by Gasteiger charge is -2.36. The minimum Gasteiger partial charge on any atom is -0.353 e. The second-order valence-corrected chi connectivity index (χ2v) is 9.29. The van der Waals surface area contributed by atoms with E-state index in [1.807, 2.05) is 29.3 Å². The van der Waals surface area contributed by atoms with Crippen molar-refractivity contribution >= 4 is 17.6 Å². The molecule has 8 nitrogen and oxygen atoms in total. The Morgan fingerprint density at radius 2 is 1.97 bits per heavy atom. The van der Waals surface area contributed by atoms with E-state index in [0.717, 1.165) is 51.4 Å². The quantitative estimate of drug-likeness (QED) is 0.748. The number of carbonyl (C=O) groups excluding carboxylic acids is 2. The fourth-order valence-corrected chi connectivity index (χ4v) is 5.35. The Balaban J connectivity index is 1.29. The zero-order chi connectivity index (χ0) is 22.0. The molecule has 0 unspecified atom stereocenters. The van der Waals surface area contributed by atoms with Gasteiger partial charge in [-0.15, -0.1) is 0 Å². The predicted molar refractivity (Wildman–Crippen MR) is 121 cm³/mol. The molecule has 3 atom stereocenters. The zero-order valence-corrected chi connectivity index (χ0v) is 19.0. The van der Waals surface area contributed by atoms with Gasteiger partial charge in [0.25, 0.3) is 0 Å². The molecule has 1 aromatic rings. The number of amides is 2. The average Bonchev–Trinajstić information content (AvgIpc) is 3.20. The molecule has 1 aromatic heterocycles. The van der Waals surface area contributed by atoms with Crippen molar-refractivity contribution in [2.24, 2.45) is 0 Å². The Labute approximate surface area is 185 Å². The van der Waals surface area contributed by atoms with Crippen molar-refractivity contribution in [1.29, 1.82) is 0 Å². The van der Waals surface area contributed by atoms with Crippen LogP contribution in [0, 0.1) is 0 Å². The molecule has 4 rings (SSSR count). The smallest absolute Gasteiger partial charge is 0.239 e. The third kappa shape index (κ3) is 4.70. The summed E-state index contributed by atoms with van der Waals surface area (Å²) in [5.41, 5.74) is 0. The van der Waals surface area contributed by atoms with E-state index in [2.05, 4.69) is 45.9 Å². The SMILES string of the molecule is CC(C)N1CC[C@@H]2[C@H]1C(=O)NC[C@H](CCC(=O)N1CCN(c3ccccn3)CC1)N2C. The summed E-state index contributed by atoms with van der Waals surface area (Å²) in [6.07, 6.45) is 4.12. The van der Waals surface area contributed by atoms with Crippen LogP contribution < -0.4 is 10.2 Å². The van der Waals surface area contributed by atoms with E-state index in [1.165, 1.54) is 0 Å². The molecule has 3 fully saturated rings. The number of pyridine rings is 1. The number of likely N-dealkylation sites (N-methyl/N-ethyl adjacent to an activating group) is 1. The molecule has 0 aromatic carbocycles. The van der Waals surface area contributed by atoms with Gasteiger partial charge in [0.05, 0.1) is 0 Å². The van der Waals surface area contributed by atoms with Crippen molar-refractivity contribution in [3.8, 4) is 0 Å². The molecule has 2 amide bonds. The second kappa shape index (κ2) is 9.53. The number of anilines is 1. The lowest BCUT2D eigenvalue weighted by atomic mass is 10.0. The molecule has 4 heterocycles. The first-order valence-corrected chi connectivity index (χ1v) is 11.6. The van der Waals surface area contributed by atoms with Crippen molar-refractivity contribution < 1.29 is 9.59 Å². The lowest BCUT2D eigenvalue weighted by molar-refractivity contribution is -0.132. The van der Waals surface area contributed by atoms with Gasteiger partial charge in [0.1, 0.15) is 11.9 Å². The van der Waals surface area contributed by atoms with Crippen molar-refractivity contribution in [3.05, 3.63) is 24.4 Å². The molecule has 8 heteroatoms. The maximum atomic E-state index is 12.9. The first kappa shape index (κ1) is 22.0. The van der Waals surface area contributed by atoms with Crippen LogP contribution in [-0.2, 0) is 9.59 Å². The number of piperazine rings is 1. The average molecular weight is 429 g/mol. The van der Waals surface area contributed by atoms with Crippen LogP contribution in [0.5, 0.6) is 0 Å². The van der Waals surface area contributed by atoms with Crippen molar-refractivity contribution in [2.75, 3.05) is 51.2 Å². The molecule has 1 N–H and O–H groups in total. The third-order valence-electron chi connectivity index (χ3n) is 7.24. The monoisotopic (exact) mass is 428 g/mol. The van der Waals surface area contributed by atoms with Gasteiger partial charge < -0.3 is 15.1 Å². The zero-order valence-electron chi connectivity index (χ0n) is 19.0. The number of hydrogen-bond acceptors (Lipinski definition) is 6. The van der Waals surface area contributed by atoms with Gasteiger partial charge in [-0.2, -0.15) is 0 Å². The van der Waals surface area contributed by atoms with E-state index in [4.69, 9.17) is 0 Å². The second-order valence-electron chi connectivity index (χ2n) is 9.29. The van der Waals surface area contributed by atoms with Crippen molar-refractivity contribution in [3.63, 3.8) is 0 Å². The fourth-order valence-electron chi connectivity index (χ4n) is 5.35. The summed E-state index contributed by atoms with van der Waals surface area (Å²) in [6.45, 7) is 9.00. The third-order valence-corrected chi connectivity index (χ3v) is 7.24. The highest BCUT2D eigenvalue weighted by atomic mass is 16.2. The van der Waals surface area contributed by atoms with Gasteiger partial charge in [0.2, 0.25) is 11.8 Å². The van der Waals surface area contributed by atoms with E-state index in [-0.39, 0.29) is 29.9 Å². The molecule has 3 saturated heterocycles. The van der Waals surface area contributed by atoms with Crippen molar-refractivity contribution in [2.45, 2.75) is 57.3 Å². The molecule has 0 spiro atoms. The number of likely N-dealkylation sites (tertiary alicyclic amines) is 1. The van der Waals surface area contributed by atoms with E-state index in [0.29, 0.717) is 19.0 Å². The number of carbonyl (C=O) groups is 2. The van der Waals surface area contributed by atoms with Gasteiger partial charge in [-0.1, -0.05) is 6.07 Å². The van der Waals surface area contributed by atoms with Crippen LogP contribution in [0.15, 0.2) is 24.4 Å². The highest BCUT2D eigenvalue weighted by molar-refractivity contribution is 5.83. The molecule has 0 radical (unpaired) electrons. The number of nitrogens with one attached hydrogen (secondary N) is 1. The van der Waals surface area contributed by atoms with E-state index in [1.54, 1.807) is 0 Å². The largest absolute Gasteiger partial charge is 0.353 e. The molecular formula is C23H36N6O2. The summed E-state index contributed by atoms with van der Waals surface area (Å²) in [6, 6.07) is 6.64. The molecule has 0 saturated carbocycles. The Morgan fingerprint density at radius 1 is 1.19 bits per heavy atom. The molecule has 0 aliphatic carbocycles. The van der Waals surface area contributed by atoms with Crippen LogP contribution in [0.2, 0.25) is 0 Å². The number of rotatable bonds is 5. The molecule has 3 aliphatic heterocycles. The summed E-state index contributed by atoms with van der Waals surface area (Å²) in [5, 5.41) is 3.15. The summed E-state index contributed by atoms with van der Waals surface area (Å²) < 4.78 is 0. The maximum absolute atomic E-state index is 12.9. The Hall–Kier alpha value is -2.19. The Bertz CT molecular complexity index is 765. The van der Waals surface area contributed by atoms with E-state index >= 15 is 0 Å². The van der Waals surface area contributed by atoms with Gasteiger partial charge in [0, 0.05) is 70.0 Å². The van der Waals surface area contributed by atoms with Crippen LogP contribution in [0.1, 0.15) is 33.1 Å². The Morgan fingerprint density at radius 3 is 2.65 bits per heavy atom. The highest BCUT2D eigenvalue weighted by Gasteiger charge is 2.45.